The predicted octanol–water partition coefficient (Wildman–Crippen LogP) is 1.01. The van der Waals surface area contributed by atoms with Crippen molar-refractivity contribution < 1.29 is 9.59 Å². The molecule has 1 heterocycles. The molecule has 5 nitrogen and oxygen atoms in total. The third-order valence-electron chi connectivity index (χ3n) is 3.46. The fourth-order valence-electron chi connectivity index (χ4n) is 2.73. The molecule has 2 atom stereocenters. The van der Waals surface area contributed by atoms with Crippen molar-refractivity contribution in [1.82, 2.24) is 4.90 Å². The smallest absolute Gasteiger partial charge is 0.240 e. The summed E-state index contributed by atoms with van der Waals surface area (Å²) in [5, 5.41) is 0. The maximum absolute atomic E-state index is 12.2. The molecule has 1 fully saturated rings. The van der Waals surface area contributed by atoms with Crippen LogP contribution in [-0.2, 0) is 9.59 Å². The second-order valence-electron chi connectivity index (χ2n) is 6.73. The predicted molar refractivity (Wildman–Crippen MR) is 75.2 cm³/mol. The monoisotopic (exact) mass is 269 g/mol. The Morgan fingerprint density at radius 1 is 1.32 bits per heavy atom. The molecule has 1 aliphatic heterocycles. The van der Waals surface area contributed by atoms with Crippen LogP contribution >= 0.6 is 0 Å². The molecule has 0 spiro atoms. The van der Waals surface area contributed by atoms with Crippen LogP contribution in [0.1, 0.15) is 52.9 Å². The maximum atomic E-state index is 12.2. The lowest BCUT2D eigenvalue weighted by atomic mass is 9.87. The largest absolute Gasteiger partial charge is 0.368 e. The number of primary amides is 1. The fourth-order valence-corrected chi connectivity index (χ4v) is 2.73. The summed E-state index contributed by atoms with van der Waals surface area (Å²) < 4.78 is 0. The quantitative estimate of drug-likeness (QED) is 0.798. The number of carbonyl (C=O) groups is 2. The molecule has 19 heavy (non-hydrogen) atoms. The molecule has 0 radical (unpaired) electrons. The van der Waals surface area contributed by atoms with E-state index in [4.69, 9.17) is 11.5 Å². The zero-order chi connectivity index (χ0) is 14.6. The van der Waals surface area contributed by atoms with Crippen molar-refractivity contribution >= 4 is 11.8 Å². The molecular formula is C14H27N3O2. The van der Waals surface area contributed by atoms with Crippen LogP contribution in [0.2, 0.25) is 0 Å². The van der Waals surface area contributed by atoms with E-state index < -0.39 is 11.9 Å². The van der Waals surface area contributed by atoms with Crippen LogP contribution in [0.3, 0.4) is 0 Å². The second kappa shape index (κ2) is 6.37. The molecule has 0 aromatic heterocycles. The van der Waals surface area contributed by atoms with E-state index in [0.29, 0.717) is 19.4 Å². The minimum absolute atomic E-state index is 0.0414. The molecular weight excluding hydrogens is 242 g/mol. The van der Waals surface area contributed by atoms with Crippen LogP contribution in [0, 0.1) is 5.41 Å². The van der Waals surface area contributed by atoms with Crippen molar-refractivity contribution in [2.45, 2.75) is 65.0 Å². The summed E-state index contributed by atoms with van der Waals surface area (Å²) in [6.07, 6.45) is 3.64. The van der Waals surface area contributed by atoms with Crippen LogP contribution in [0.5, 0.6) is 0 Å². The molecule has 5 heteroatoms. The van der Waals surface area contributed by atoms with Gasteiger partial charge in [0.25, 0.3) is 0 Å². The van der Waals surface area contributed by atoms with Crippen LogP contribution < -0.4 is 11.5 Å². The van der Waals surface area contributed by atoms with Gasteiger partial charge in [0.15, 0.2) is 0 Å². The van der Waals surface area contributed by atoms with Crippen LogP contribution in [-0.4, -0.2) is 35.3 Å². The molecule has 0 bridgehead atoms. The second-order valence-corrected chi connectivity index (χ2v) is 6.73. The van der Waals surface area contributed by atoms with E-state index in [0.717, 1.165) is 19.3 Å². The lowest BCUT2D eigenvalue weighted by Gasteiger charge is -2.34. The van der Waals surface area contributed by atoms with E-state index >= 15 is 0 Å². The Kier molecular flexibility index (Phi) is 5.35. The highest BCUT2D eigenvalue weighted by Gasteiger charge is 2.31. The van der Waals surface area contributed by atoms with Crippen LogP contribution in [0.4, 0.5) is 0 Å². The van der Waals surface area contributed by atoms with Crippen LogP contribution in [0.15, 0.2) is 0 Å². The first kappa shape index (κ1) is 16.0. The molecule has 4 N–H and O–H groups in total. The van der Waals surface area contributed by atoms with Gasteiger partial charge in [-0.2, -0.15) is 0 Å². The molecule has 2 unspecified atom stereocenters. The van der Waals surface area contributed by atoms with Gasteiger partial charge in [-0.15, -0.1) is 0 Å². The zero-order valence-electron chi connectivity index (χ0n) is 12.3. The molecule has 110 valence electrons. The number of nitrogens with two attached hydrogens (primary N) is 2. The standard InChI is InChI=1S/C14H27N3O2/c1-14(2,3)9-10(15)8-12(18)17-7-5-4-6-11(17)13(16)19/h10-11H,4-9,15H2,1-3H3,(H2,16,19). The van der Waals surface area contributed by atoms with Crippen molar-refractivity contribution in [3.63, 3.8) is 0 Å². The van der Waals surface area contributed by atoms with E-state index in [2.05, 4.69) is 20.8 Å². The molecule has 0 aliphatic carbocycles. The minimum atomic E-state index is -0.442. The first-order chi connectivity index (χ1) is 8.70. The van der Waals surface area contributed by atoms with Gasteiger partial charge in [0.05, 0.1) is 0 Å². The summed E-state index contributed by atoms with van der Waals surface area (Å²) in [5.74, 6) is -0.447. The summed E-state index contributed by atoms with van der Waals surface area (Å²) >= 11 is 0. The number of hydrogen-bond acceptors (Lipinski definition) is 3. The van der Waals surface area contributed by atoms with Crippen molar-refractivity contribution in [3.05, 3.63) is 0 Å². The average Bonchev–Trinajstić information content (AvgIpc) is 2.26. The maximum Gasteiger partial charge on any atom is 0.240 e. The van der Waals surface area contributed by atoms with Gasteiger partial charge in [-0.3, -0.25) is 9.59 Å². The fraction of sp³-hybridized carbons (Fsp3) is 0.857. The number of rotatable bonds is 4. The number of likely N-dealkylation sites (tertiary alicyclic amines) is 1. The normalized spacial score (nSPS) is 22.1. The van der Waals surface area contributed by atoms with Gasteiger partial charge < -0.3 is 16.4 Å². The van der Waals surface area contributed by atoms with E-state index in [1.807, 2.05) is 0 Å². The number of hydrogen-bond donors (Lipinski definition) is 2. The average molecular weight is 269 g/mol. The molecule has 0 aromatic carbocycles. The SMILES string of the molecule is CC(C)(C)CC(N)CC(=O)N1CCCCC1C(N)=O. The van der Waals surface area contributed by atoms with Gasteiger partial charge >= 0.3 is 0 Å². The highest BCUT2D eigenvalue weighted by atomic mass is 16.2. The molecule has 1 aliphatic rings. The number of piperidine rings is 1. The van der Waals surface area contributed by atoms with E-state index in [1.54, 1.807) is 4.90 Å². The zero-order valence-corrected chi connectivity index (χ0v) is 12.3. The summed E-state index contributed by atoms with van der Waals surface area (Å²) in [7, 11) is 0. The number of amides is 2. The topological polar surface area (TPSA) is 89.4 Å². The van der Waals surface area contributed by atoms with Gasteiger partial charge in [-0.25, -0.2) is 0 Å². The first-order valence-electron chi connectivity index (χ1n) is 7.05. The van der Waals surface area contributed by atoms with Gasteiger partial charge in [-0.1, -0.05) is 20.8 Å². The van der Waals surface area contributed by atoms with Gasteiger partial charge in [0.1, 0.15) is 6.04 Å². The van der Waals surface area contributed by atoms with Gasteiger partial charge in [0, 0.05) is 19.0 Å². The number of carbonyl (C=O) groups excluding carboxylic acids is 2. The minimum Gasteiger partial charge on any atom is -0.368 e. The molecule has 2 amide bonds. The van der Waals surface area contributed by atoms with Gasteiger partial charge in [-0.05, 0) is 31.1 Å². The van der Waals surface area contributed by atoms with Crippen molar-refractivity contribution in [1.29, 1.82) is 0 Å². The Bertz CT molecular complexity index is 336. The van der Waals surface area contributed by atoms with Crippen molar-refractivity contribution in [2.75, 3.05) is 6.54 Å². The molecule has 0 saturated carbocycles. The van der Waals surface area contributed by atoms with E-state index in [9.17, 15) is 9.59 Å². The first-order valence-corrected chi connectivity index (χ1v) is 7.05. The Morgan fingerprint density at radius 2 is 1.95 bits per heavy atom. The number of nitrogens with zero attached hydrogens (tertiary/aromatic N) is 1. The van der Waals surface area contributed by atoms with E-state index in [-0.39, 0.29) is 17.4 Å². The summed E-state index contributed by atoms with van der Waals surface area (Å²) in [6.45, 7) is 6.92. The Labute approximate surface area is 115 Å². The summed E-state index contributed by atoms with van der Waals surface area (Å²) in [6, 6.07) is -0.606. The van der Waals surface area contributed by atoms with Crippen LogP contribution in [0.25, 0.3) is 0 Å². The van der Waals surface area contributed by atoms with Crippen molar-refractivity contribution in [2.24, 2.45) is 16.9 Å². The lowest BCUT2D eigenvalue weighted by Crippen LogP contribution is -2.51. The summed E-state index contributed by atoms with van der Waals surface area (Å²) in [5.41, 5.74) is 11.5. The lowest BCUT2D eigenvalue weighted by molar-refractivity contribution is -0.141. The highest BCUT2D eigenvalue weighted by Crippen LogP contribution is 2.23. The highest BCUT2D eigenvalue weighted by molar-refractivity contribution is 5.87. The van der Waals surface area contributed by atoms with E-state index in [1.165, 1.54) is 0 Å². The Morgan fingerprint density at radius 3 is 2.47 bits per heavy atom. The third kappa shape index (κ3) is 5.19. The molecule has 1 saturated heterocycles. The Hall–Kier alpha value is -1.10. The molecule has 1 rings (SSSR count). The van der Waals surface area contributed by atoms with Gasteiger partial charge in [0.2, 0.25) is 11.8 Å². The summed E-state index contributed by atoms with van der Waals surface area (Å²) in [4.78, 5) is 25.2. The third-order valence-corrected chi connectivity index (χ3v) is 3.46. The molecule has 0 aromatic rings. The Balaban J connectivity index is 2.58. The van der Waals surface area contributed by atoms with Crippen molar-refractivity contribution in [3.8, 4) is 0 Å².